The van der Waals surface area contributed by atoms with Crippen molar-refractivity contribution in [2.45, 2.75) is 53.0 Å². The van der Waals surface area contributed by atoms with Crippen LogP contribution in [0.1, 0.15) is 51.8 Å². The van der Waals surface area contributed by atoms with Crippen LogP contribution in [0.4, 0.5) is 5.69 Å². The largest absolute Gasteiger partial charge is 0.369 e. The summed E-state index contributed by atoms with van der Waals surface area (Å²) < 4.78 is 1.87. The number of aryl methyl sites for hydroxylation is 1. The van der Waals surface area contributed by atoms with Gasteiger partial charge in [0, 0.05) is 37.4 Å². The van der Waals surface area contributed by atoms with E-state index in [1.54, 1.807) is 0 Å². The summed E-state index contributed by atoms with van der Waals surface area (Å²) in [4.78, 5) is 25.7. The van der Waals surface area contributed by atoms with Gasteiger partial charge in [0.2, 0.25) is 0 Å². The number of nitrogens with zero attached hydrogens (tertiary/aromatic N) is 5. The molecule has 0 radical (unpaired) electrons. The third-order valence-corrected chi connectivity index (χ3v) is 6.93. The number of hydrogen-bond donors (Lipinski definition) is 1. The van der Waals surface area contributed by atoms with Crippen LogP contribution >= 0.6 is 0 Å². The third kappa shape index (κ3) is 4.58. The predicted octanol–water partition coefficient (Wildman–Crippen LogP) is 4.23. The van der Waals surface area contributed by atoms with E-state index in [2.05, 4.69) is 54.7 Å². The molecule has 0 unspecified atom stereocenters. The Morgan fingerprint density at radius 3 is 2.41 bits per heavy atom. The molecule has 1 N–H and O–H groups in total. The van der Waals surface area contributed by atoms with Crippen molar-refractivity contribution in [1.82, 2.24) is 24.6 Å². The van der Waals surface area contributed by atoms with Gasteiger partial charge in [-0.3, -0.25) is 9.48 Å². The van der Waals surface area contributed by atoms with E-state index in [1.165, 1.54) is 12.1 Å². The summed E-state index contributed by atoms with van der Waals surface area (Å²) in [5.74, 6) is 1.28. The summed E-state index contributed by atoms with van der Waals surface area (Å²) in [5.41, 5.74) is 4.09. The Hall–Kier alpha value is -2.67. The minimum absolute atomic E-state index is 0.121. The molecule has 0 spiro atoms. The second-order valence-corrected chi connectivity index (χ2v) is 9.42. The number of fused-ring (bicyclic) bond motifs is 1. The lowest BCUT2D eigenvalue weighted by molar-refractivity contribution is 0.313. The quantitative estimate of drug-likeness (QED) is 0.600. The number of hydrogen-bond acceptors (Lipinski definition) is 5. The fourth-order valence-electron chi connectivity index (χ4n) is 4.39. The average molecular weight is 437 g/mol. The van der Waals surface area contributed by atoms with Crippen LogP contribution in [0.5, 0.6) is 0 Å². The van der Waals surface area contributed by atoms with Gasteiger partial charge in [0.25, 0.3) is 5.56 Å². The summed E-state index contributed by atoms with van der Waals surface area (Å²) in [5, 5.41) is 4.69. The molecule has 2 aromatic heterocycles. The first-order valence-electron chi connectivity index (χ1n) is 11.9. The molecular formula is C25H36N6O. The molecule has 3 heterocycles. The normalized spacial score (nSPS) is 17.1. The first-order chi connectivity index (χ1) is 15.4. The van der Waals surface area contributed by atoms with E-state index in [-0.39, 0.29) is 11.6 Å². The second kappa shape index (κ2) is 9.45. The molecule has 1 aliphatic rings. The Bertz CT molecular complexity index is 1110. The van der Waals surface area contributed by atoms with E-state index < -0.39 is 0 Å². The van der Waals surface area contributed by atoms with E-state index in [9.17, 15) is 4.79 Å². The van der Waals surface area contributed by atoms with Gasteiger partial charge < -0.3 is 14.8 Å². The van der Waals surface area contributed by atoms with Crippen LogP contribution < -0.4 is 10.5 Å². The van der Waals surface area contributed by atoms with Crippen molar-refractivity contribution in [3.63, 3.8) is 0 Å². The van der Waals surface area contributed by atoms with Crippen molar-refractivity contribution < 1.29 is 0 Å². The number of aromatic amines is 1. The summed E-state index contributed by atoms with van der Waals surface area (Å²) in [6, 6.07) is 8.51. The number of piperazine rings is 1. The molecule has 1 fully saturated rings. The van der Waals surface area contributed by atoms with Crippen LogP contribution in [0.3, 0.4) is 0 Å². The fourth-order valence-corrected chi connectivity index (χ4v) is 4.39. The highest BCUT2D eigenvalue weighted by Gasteiger charge is 2.19. The molecule has 0 amide bonds. The maximum atomic E-state index is 13.1. The lowest BCUT2D eigenvalue weighted by Gasteiger charge is -2.34. The first-order valence-corrected chi connectivity index (χ1v) is 11.9. The summed E-state index contributed by atoms with van der Waals surface area (Å²) in [7, 11) is 2.16. The van der Waals surface area contributed by atoms with Gasteiger partial charge >= 0.3 is 0 Å². The molecule has 1 aliphatic heterocycles. The zero-order valence-electron chi connectivity index (χ0n) is 20.1. The topological polar surface area (TPSA) is 70.1 Å². The molecule has 172 valence electrons. The van der Waals surface area contributed by atoms with Crippen molar-refractivity contribution in [2.75, 3.05) is 38.1 Å². The van der Waals surface area contributed by atoms with Gasteiger partial charge in [-0.05, 0) is 63.9 Å². The number of likely N-dealkylation sites (N-methyl/N-ethyl adjacent to an activating group) is 1. The molecule has 3 aromatic rings. The van der Waals surface area contributed by atoms with Crippen molar-refractivity contribution in [2.24, 2.45) is 5.92 Å². The van der Waals surface area contributed by atoms with Gasteiger partial charge in [-0.15, -0.1) is 0 Å². The molecule has 7 nitrogen and oxygen atoms in total. The van der Waals surface area contributed by atoms with Crippen molar-refractivity contribution >= 4 is 16.7 Å². The Balaban J connectivity index is 1.60. The summed E-state index contributed by atoms with van der Waals surface area (Å²) in [6.45, 7) is 12.8. The van der Waals surface area contributed by atoms with E-state index in [4.69, 9.17) is 10.1 Å². The van der Waals surface area contributed by atoms with Crippen molar-refractivity contribution in [3.05, 3.63) is 40.3 Å². The fraction of sp³-hybridized carbons (Fsp3) is 0.560. The molecular weight excluding hydrogens is 400 g/mol. The van der Waals surface area contributed by atoms with Crippen molar-refractivity contribution in [1.29, 1.82) is 0 Å². The standard InChI is InChI=1S/C25H36N6O/c1-6-17(2)7-8-18(3)31-23-22(19(4)28-31)26-24(27-25(23)32)20-9-11-21(12-10-20)30-15-13-29(5)14-16-30/h9-12,17-18H,6-8,13-16H2,1-5H3,(H,26,27,32)/t17-,18+/m1/s1. The SMILES string of the molecule is CC[C@@H](C)CC[C@H](C)n1nc(C)c2nc(-c3ccc(N4CCN(C)CC4)cc3)[nH]c(=O)c21. The van der Waals surface area contributed by atoms with Crippen LogP contribution in [0.25, 0.3) is 22.4 Å². The van der Waals surface area contributed by atoms with E-state index >= 15 is 0 Å². The summed E-state index contributed by atoms with van der Waals surface area (Å²) in [6.07, 6.45) is 3.30. The van der Waals surface area contributed by atoms with Crippen LogP contribution in [0, 0.1) is 12.8 Å². The Kier molecular flexibility index (Phi) is 6.65. The number of nitrogens with one attached hydrogen (secondary N) is 1. The van der Waals surface area contributed by atoms with Crippen LogP contribution in [-0.2, 0) is 0 Å². The third-order valence-electron chi connectivity index (χ3n) is 6.93. The van der Waals surface area contributed by atoms with E-state index in [0.29, 0.717) is 22.8 Å². The minimum atomic E-state index is -0.121. The number of rotatable bonds is 7. The van der Waals surface area contributed by atoms with Crippen molar-refractivity contribution in [3.8, 4) is 11.4 Å². The van der Waals surface area contributed by atoms with Crippen LogP contribution in [-0.4, -0.2) is 57.9 Å². The molecule has 0 saturated carbocycles. The molecule has 32 heavy (non-hydrogen) atoms. The zero-order valence-corrected chi connectivity index (χ0v) is 20.1. The maximum Gasteiger partial charge on any atom is 0.277 e. The minimum Gasteiger partial charge on any atom is -0.369 e. The molecule has 1 aromatic carbocycles. The predicted molar refractivity (Wildman–Crippen MR) is 131 cm³/mol. The molecule has 7 heteroatoms. The van der Waals surface area contributed by atoms with Gasteiger partial charge in [-0.2, -0.15) is 5.10 Å². The number of H-pyrrole nitrogens is 1. The number of benzene rings is 1. The van der Waals surface area contributed by atoms with Gasteiger partial charge in [-0.25, -0.2) is 4.98 Å². The number of aromatic nitrogens is 4. The van der Waals surface area contributed by atoms with E-state index in [1.807, 2.05) is 23.7 Å². The van der Waals surface area contributed by atoms with E-state index in [0.717, 1.165) is 50.3 Å². The Morgan fingerprint density at radius 2 is 1.75 bits per heavy atom. The first kappa shape index (κ1) is 22.5. The molecule has 2 atom stereocenters. The monoisotopic (exact) mass is 436 g/mol. The van der Waals surface area contributed by atoms with Gasteiger partial charge in [0.1, 0.15) is 11.3 Å². The average Bonchev–Trinajstić information content (AvgIpc) is 3.15. The highest BCUT2D eigenvalue weighted by molar-refractivity contribution is 5.79. The number of anilines is 1. The van der Waals surface area contributed by atoms with Crippen LogP contribution in [0.15, 0.2) is 29.1 Å². The zero-order chi connectivity index (χ0) is 22.8. The van der Waals surface area contributed by atoms with Gasteiger partial charge in [-0.1, -0.05) is 20.3 Å². The molecule has 0 aliphatic carbocycles. The Morgan fingerprint density at radius 1 is 1.06 bits per heavy atom. The van der Waals surface area contributed by atoms with Gasteiger partial charge in [0.05, 0.1) is 11.7 Å². The molecule has 4 rings (SSSR count). The molecule has 0 bridgehead atoms. The highest BCUT2D eigenvalue weighted by atomic mass is 16.1. The summed E-state index contributed by atoms with van der Waals surface area (Å²) >= 11 is 0. The lowest BCUT2D eigenvalue weighted by Crippen LogP contribution is -2.44. The second-order valence-electron chi connectivity index (χ2n) is 9.42. The highest BCUT2D eigenvalue weighted by Crippen LogP contribution is 2.25. The Labute approximate surface area is 190 Å². The maximum absolute atomic E-state index is 13.1. The smallest absolute Gasteiger partial charge is 0.277 e. The lowest BCUT2D eigenvalue weighted by atomic mass is 10.00. The van der Waals surface area contributed by atoms with Crippen LogP contribution in [0.2, 0.25) is 0 Å². The van der Waals surface area contributed by atoms with Gasteiger partial charge in [0.15, 0.2) is 5.52 Å². The molecule has 1 saturated heterocycles.